The maximum absolute atomic E-state index is 12.8. The molecule has 146 valence electrons. The molecule has 0 spiro atoms. The van der Waals surface area contributed by atoms with E-state index in [1.807, 2.05) is 15.5 Å². The summed E-state index contributed by atoms with van der Waals surface area (Å²) in [5.74, 6) is 0.266. The number of rotatable bonds is 2. The summed E-state index contributed by atoms with van der Waals surface area (Å²) in [5.41, 5.74) is 2.23. The molecule has 2 atom stereocenters. The van der Waals surface area contributed by atoms with Crippen LogP contribution in [0.3, 0.4) is 0 Å². The van der Waals surface area contributed by atoms with Crippen LogP contribution < -0.4 is 5.56 Å². The van der Waals surface area contributed by atoms with E-state index in [2.05, 4.69) is 9.97 Å². The molecule has 0 aliphatic carbocycles. The molecule has 2 aliphatic rings. The maximum Gasteiger partial charge on any atom is 0.273 e. The average molecular weight is 381 g/mol. The SMILES string of the molecule is CC(=O)N1C[C@@H]2C[C@H](C1)c1cc(-c3cncc(C(=O)N(C)C)n3)cc(=O)n1C2. The second-order valence-electron chi connectivity index (χ2n) is 7.83. The predicted octanol–water partition coefficient (Wildman–Crippen LogP) is 0.973. The minimum atomic E-state index is -0.240. The Bertz CT molecular complexity index is 1010. The fourth-order valence-corrected chi connectivity index (χ4v) is 4.20. The molecule has 0 aromatic carbocycles. The lowest BCUT2D eigenvalue weighted by Crippen LogP contribution is -2.48. The first-order chi connectivity index (χ1) is 13.3. The topological polar surface area (TPSA) is 88.4 Å². The highest BCUT2D eigenvalue weighted by molar-refractivity contribution is 5.92. The second-order valence-corrected chi connectivity index (χ2v) is 7.83. The maximum atomic E-state index is 12.8. The van der Waals surface area contributed by atoms with Crippen LogP contribution in [0.1, 0.15) is 35.4 Å². The van der Waals surface area contributed by atoms with E-state index < -0.39 is 0 Å². The first kappa shape index (κ1) is 18.3. The van der Waals surface area contributed by atoms with Gasteiger partial charge >= 0.3 is 0 Å². The molecule has 2 aromatic rings. The Morgan fingerprint density at radius 2 is 1.93 bits per heavy atom. The molecule has 2 aliphatic heterocycles. The molecule has 8 nitrogen and oxygen atoms in total. The summed E-state index contributed by atoms with van der Waals surface area (Å²) in [4.78, 5) is 48.7. The molecule has 1 fully saturated rings. The Kier molecular flexibility index (Phi) is 4.49. The lowest BCUT2D eigenvalue weighted by atomic mass is 9.82. The van der Waals surface area contributed by atoms with Crippen molar-refractivity contribution in [3.8, 4) is 11.3 Å². The summed E-state index contributed by atoms with van der Waals surface area (Å²) in [6.45, 7) is 3.55. The normalized spacial score (nSPS) is 20.5. The molecule has 1 saturated heterocycles. The van der Waals surface area contributed by atoms with E-state index in [1.54, 1.807) is 33.3 Å². The van der Waals surface area contributed by atoms with Crippen molar-refractivity contribution < 1.29 is 9.59 Å². The summed E-state index contributed by atoms with van der Waals surface area (Å²) >= 11 is 0. The molecule has 4 rings (SSSR count). The van der Waals surface area contributed by atoms with Crippen LogP contribution in [0, 0.1) is 5.92 Å². The third-order valence-corrected chi connectivity index (χ3v) is 5.56. The number of hydrogen-bond donors (Lipinski definition) is 0. The Balaban J connectivity index is 1.75. The Hall–Kier alpha value is -3.03. The number of carbonyl (C=O) groups excluding carboxylic acids is 2. The largest absolute Gasteiger partial charge is 0.343 e. The molecular weight excluding hydrogens is 358 g/mol. The molecule has 0 unspecified atom stereocenters. The van der Waals surface area contributed by atoms with Gasteiger partial charge in [-0.3, -0.25) is 19.4 Å². The van der Waals surface area contributed by atoms with Gasteiger partial charge in [0.05, 0.1) is 18.1 Å². The van der Waals surface area contributed by atoms with Crippen LogP contribution in [-0.2, 0) is 11.3 Å². The number of likely N-dealkylation sites (tertiary alicyclic amines) is 1. The van der Waals surface area contributed by atoms with Crippen LogP contribution >= 0.6 is 0 Å². The number of piperidine rings is 1. The van der Waals surface area contributed by atoms with Gasteiger partial charge in [0, 0.05) is 63.9 Å². The summed E-state index contributed by atoms with van der Waals surface area (Å²) in [6.07, 6.45) is 3.96. The van der Waals surface area contributed by atoms with Gasteiger partial charge in [-0.2, -0.15) is 0 Å². The molecule has 0 saturated carbocycles. The first-order valence-corrected chi connectivity index (χ1v) is 9.38. The van der Waals surface area contributed by atoms with E-state index in [0.29, 0.717) is 36.8 Å². The number of carbonyl (C=O) groups is 2. The lowest BCUT2D eigenvalue weighted by molar-refractivity contribution is -0.131. The van der Waals surface area contributed by atoms with Crippen molar-refractivity contribution in [3.05, 3.63) is 46.3 Å². The number of hydrogen-bond acceptors (Lipinski definition) is 5. The highest BCUT2D eigenvalue weighted by Crippen LogP contribution is 2.36. The van der Waals surface area contributed by atoms with E-state index in [9.17, 15) is 14.4 Å². The number of fused-ring (bicyclic) bond motifs is 4. The number of nitrogens with zero attached hydrogens (tertiary/aromatic N) is 5. The fraction of sp³-hybridized carbons (Fsp3) is 0.450. The van der Waals surface area contributed by atoms with Crippen molar-refractivity contribution in [3.63, 3.8) is 0 Å². The minimum absolute atomic E-state index is 0.0717. The van der Waals surface area contributed by atoms with Crippen molar-refractivity contribution >= 4 is 11.8 Å². The third kappa shape index (κ3) is 3.19. The van der Waals surface area contributed by atoms with Crippen LogP contribution in [0.4, 0.5) is 0 Å². The molecular formula is C20H23N5O3. The van der Waals surface area contributed by atoms with Crippen molar-refractivity contribution in [2.75, 3.05) is 27.2 Å². The zero-order valence-electron chi connectivity index (χ0n) is 16.3. The van der Waals surface area contributed by atoms with Gasteiger partial charge < -0.3 is 14.4 Å². The van der Waals surface area contributed by atoms with Crippen LogP contribution in [0.5, 0.6) is 0 Å². The van der Waals surface area contributed by atoms with E-state index >= 15 is 0 Å². The predicted molar refractivity (Wildman–Crippen MR) is 103 cm³/mol. The number of pyridine rings is 1. The highest BCUT2D eigenvalue weighted by atomic mass is 16.2. The second kappa shape index (κ2) is 6.85. The molecule has 28 heavy (non-hydrogen) atoms. The van der Waals surface area contributed by atoms with E-state index in [-0.39, 0.29) is 29.0 Å². The lowest BCUT2D eigenvalue weighted by Gasteiger charge is -2.42. The third-order valence-electron chi connectivity index (χ3n) is 5.56. The van der Waals surface area contributed by atoms with Crippen LogP contribution in [0.2, 0.25) is 0 Å². The van der Waals surface area contributed by atoms with Crippen LogP contribution in [0.15, 0.2) is 29.3 Å². The van der Waals surface area contributed by atoms with Crippen molar-refractivity contribution in [1.82, 2.24) is 24.3 Å². The van der Waals surface area contributed by atoms with Gasteiger partial charge in [-0.25, -0.2) is 4.98 Å². The summed E-state index contributed by atoms with van der Waals surface area (Å²) in [5, 5.41) is 0. The molecule has 2 bridgehead atoms. The van der Waals surface area contributed by atoms with Crippen molar-refractivity contribution in [2.24, 2.45) is 5.92 Å². The number of amides is 2. The van der Waals surface area contributed by atoms with Crippen LogP contribution in [0.25, 0.3) is 11.3 Å². The molecule has 4 heterocycles. The molecule has 0 radical (unpaired) electrons. The fourth-order valence-electron chi connectivity index (χ4n) is 4.20. The van der Waals surface area contributed by atoms with Crippen molar-refractivity contribution in [2.45, 2.75) is 25.8 Å². The van der Waals surface area contributed by atoms with E-state index in [4.69, 9.17) is 0 Å². The van der Waals surface area contributed by atoms with E-state index in [0.717, 1.165) is 12.1 Å². The van der Waals surface area contributed by atoms with Crippen molar-refractivity contribution in [1.29, 1.82) is 0 Å². The Morgan fingerprint density at radius 1 is 1.14 bits per heavy atom. The minimum Gasteiger partial charge on any atom is -0.343 e. The zero-order chi connectivity index (χ0) is 20.0. The Morgan fingerprint density at radius 3 is 2.64 bits per heavy atom. The summed E-state index contributed by atoms with van der Waals surface area (Å²) < 4.78 is 1.82. The molecule has 2 aromatic heterocycles. The first-order valence-electron chi connectivity index (χ1n) is 9.38. The van der Waals surface area contributed by atoms with Gasteiger partial charge in [0.1, 0.15) is 5.69 Å². The van der Waals surface area contributed by atoms with Gasteiger partial charge in [0.25, 0.3) is 11.5 Å². The molecule has 8 heteroatoms. The Labute approximate surface area is 162 Å². The van der Waals surface area contributed by atoms with Crippen LogP contribution in [-0.4, -0.2) is 63.3 Å². The standard InChI is InChI=1S/C20H23N5O3/c1-12(26)24-9-13-4-15(11-24)18-5-14(6-19(27)25(18)10-13)16-7-21-8-17(22-16)20(28)23(2)3/h5-8,13,15H,4,9-11H2,1-3H3/t13-,15+/m0/s1. The monoisotopic (exact) mass is 381 g/mol. The zero-order valence-corrected chi connectivity index (χ0v) is 16.3. The van der Waals surface area contributed by atoms with Gasteiger partial charge in [0.15, 0.2) is 0 Å². The summed E-state index contributed by atoms with van der Waals surface area (Å²) in [6, 6.07) is 3.51. The molecule has 0 N–H and O–H groups in total. The molecule has 2 amide bonds. The number of aromatic nitrogens is 3. The van der Waals surface area contributed by atoms with Gasteiger partial charge in [0.2, 0.25) is 5.91 Å². The quantitative estimate of drug-likeness (QED) is 0.774. The van der Waals surface area contributed by atoms with Gasteiger partial charge in [-0.05, 0) is 18.4 Å². The van der Waals surface area contributed by atoms with Gasteiger partial charge in [-0.15, -0.1) is 0 Å². The van der Waals surface area contributed by atoms with E-state index in [1.165, 1.54) is 11.1 Å². The smallest absolute Gasteiger partial charge is 0.273 e. The highest BCUT2D eigenvalue weighted by Gasteiger charge is 2.35. The average Bonchev–Trinajstić information content (AvgIpc) is 2.67. The summed E-state index contributed by atoms with van der Waals surface area (Å²) in [7, 11) is 3.31. The van der Waals surface area contributed by atoms with Gasteiger partial charge in [-0.1, -0.05) is 0 Å².